The third kappa shape index (κ3) is 10.1. The van der Waals surface area contributed by atoms with Gasteiger partial charge in [0.15, 0.2) is 0 Å². The van der Waals surface area contributed by atoms with Gasteiger partial charge in [-0.05, 0) is 89.6 Å². The van der Waals surface area contributed by atoms with Crippen molar-refractivity contribution in [2.75, 3.05) is 20.1 Å². The smallest absolute Gasteiger partial charge is 0.410 e. The van der Waals surface area contributed by atoms with Crippen LogP contribution in [0.15, 0.2) is 49.6 Å². The summed E-state index contributed by atoms with van der Waals surface area (Å²) in [5, 5.41) is 3.19. The highest BCUT2D eigenvalue weighted by molar-refractivity contribution is 5.69. The second kappa shape index (κ2) is 13.3. The summed E-state index contributed by atoms with van der Waals surface area (Å²) in [6.07, 6.45) is 7.53. The summed E-state index contributed by atoms with van der Waals surface area (Å²) in [6.45, 7) is 16.6. The number of nitrogens with one attached hydrogen (secondary N) is 1. The maximum absolute atomic E-state index is 13.3. The Morgan fingerprint density at radius 1 is 1.32 bits per heavy atom. The SMILES string of the molecule is C=CCC(C)C=C.CNCC[C@H]1CCN(C(=O)OC(C)(C)C)C(c2ccc(F)cc2)C1. The van der Waals surface area contributed by atoms with E-state index in [2.05, 4.69) is 25.4 Å². The molecule has 5 heteroatoms. The van der Waals surface area contributed by atoms with E-state index in [0.717, 1.165) is 37.8 Å². The van der Waals surface area contributed by atoms with Gasteiger partial charge in [0.05, 0.1) is 6.04 Å². The van der Waals surface area contributed by atoms with Gasteiger partial charge in [0.1, 0.15) is 11.4 Å². The van der Waals surface area contributed by atoms with Crippen molar-refractivity contribution in [1.29, 1.82) is 0 Å². The summed E-state index contributed by atoms with van der Waals surface area (Å²) in [6, 6.07) is 6.41. The predicted molar refractivity (Wildman–Crippen MR) is 128 cm³/mol. The summed E-state index contributed by atoms with van der Waals surface area (Å²) in [5.74, 6) is 0.883. The van der Waals surface area contributed by atoms with Crippen molar-refractivity contribution < 1.29 is 13.9 Å². The lowest BCUT2D eigenvalue weighted by atomic mass is 9.85. The Kier molecular flexibility index (Phi) is 11.5. The third-order valence-electron chi connectivity index (χ3n) is 5.34. The number of hydrogen-bond donors (Lipinski definition) is 1. The van der Waals surface area contributed by atoms with Crippen LogP contribution in [0, 0.1) is 17.7 Å². The minimum atomic E-state index is -0.520. The van der Waals surface area contributed by atoms with Crippen LogP contribution in [0.1, 0.15) is 65.0 Å². The molecule has 1 N–H and O–H groups in total. The summed E-state index contributed by atoms with van der Waals surface area (Å²) >= 11 is 0. The summed E-state index contributed by atoms with van der Waals surface area (Å²) in [7, 11) is 1.95. The minimum absolute atomic E-state index is 0.0592. The zero-order chi connectivity index (χ0) is 23.4. The van der Waals surface area contributed by atoms with Crippen molar-refractivity contribution in [3.63, 3.8) is 0 Å². The lowest BCUT2D eigenvalue weighted by Crippen LogP contribution is -2.44. The van der Waals surface area contributed by atoms with Crippen LogP contribution in [0.2, 0.25) is 0 Å². The highest BCUT2D eigenvalue weighted by Crippen LogP contribution is 2.36. The first-order chi connectivity index (χ1) is 14.6. The Labute approximate surface area is 188 Å². The Balaban J connectivity index is 0.000000592. The quantitative estimate of drug-likeness (QED) is 0.500. The van der Waals surface area contributed by atoms with E-state index < -0.39 is 5.60 Å². The highest BCUT2D eigenvalue weighted by Gasteiger charge is 2.34. The molecule has 174 valence electrons. The molecule has 31 heavy (non-hydrogen) atoms. The number of piperidine rings is 1. The maximum Gasteiger partial charge on any atom is 0.410 e. The lowest BCUT2D eigenvalue weighted by Gasteiger charge is -2.40. The molecule has 1 heterocycles. The number of amides is 1. The molecule has 1 aliphatic heterocycles. The number of halogens is 1. The third-order valence-corrected chi connectivity index (χ3v) is 5.34. The summed E-state index contributed by atoms with van der Waals surface area (Å²) in [5.41, 5.74) is 0.448. The molecule has 1 aromatic rings. The topological polar surface area (TPSA) is 41.6 Å². The maximum atomic E-state index is 13.3. The van der Waals surface area contributed by atoms with Crippen LogP contribution < -0.4 is 5.32 Å². The average molecular weight is 433 g/mol. The predicted octanol–water partition coefficient (Wildman–Crippen LogP) is 6.51. The molecule has 0 radical (unpaired) electrons. The number of nitrogens with zero attached hydrogens (tertiary/aromatic N) is 1. The largest absolute Gasteiger partial charge is 0.444 e. The first-order valence-electron chi connectivity index (χ1n) is 11.2. The number of ether oxygens (including phenoxy) is 1. The molecule has 1 aromatic carbocycles. The van der Waals surface area contributed by atoms with Gasteiger partial charge in [-0.25, -0.2) is 9.18 Å². The van der Waals surface area contributed by atoms with Crippen molar-refractivity contribution in [2.24, 2.45) is 11.8 Å². The van der Waals surface area contributed by atoms with Crippen molar-refractivity contribution in [3.8, 4) is 0 Å². The zero-order valence-electron chi connectivity index (χ0n) is 20.0. The van der Waals surface area contributed by atoms with Gasteiger partial charge in [-0.15, -0.1) is 13.2 Å². The normalized spacial score (nSPS) is 19.6. The Morgan fingerprint density at radius 3 is 2.45 bits per heavy atom. The average Bonchev–Trinajstić information content (AvgIpc) is 2.72. The molecule has 1 amide bonds. The van der Waals surface area contributed by atoms with Crippen molar-refractivity contribution >= 4 is 6.09 Å². The fourth-order valence-corrected chi connectivity index (χ4v) is 3.55. The Morgan fingerprint density at radius 2 is 1.97 bits per heavy atom. The monoisotopic (exact) mass is 432 g/mol. The fraction of sp³-hybridized carbons (Fsp3) is 0.577. The highest BCUT2D eigenvalue weighted by atomic mass is 19.1. The van der Waals surface area contributed by atoms with E-state index >= 15 is 0 Å². The van der Waals surface area contributed by atoms with E-state index in [1.165, 1.54) is 12.1 Å². The lowest BCUT2D eigenvalue weighted by molar-refractivity contribution is 0.00374. The molecular weight excluding hydrogens is 391 g/mol. The fourth-order valence-electron chi connectivity index (χ4n) is 3.55. The number of rotatable bonds is 7. The van der Waals surface area contributed by atoms with Crippen LogP contribution in [0.3, 0.4) is 0 Å². The Bertz CT molecular complexity index is 682. The molecule has 2 rings (SSSR count). The van der Waals surface area contributed by atoms with Crippen LogP contribution in [-0.2, 0) is 4.74 Å². The van der Waals surface area contributed by atoms with Gasteiger partial charge in [-0.1, -0.05) is 31.2 Å². The first-order valence-corrected chi connectivity index (χ1v) is 11.2. The van der Waals surface area contributed by atoms with E-state index in [4.69, 9.17) is 4.74 Å². The van der Waals surface area contributed by atoms with Gasteiger partial charge in [0.25, 0.3) is 0 Å². The molecule has 4 nitrogen and oxygen atoms in total. The van der Waals surface area contributed by atoms with E-state index in [1.54, 1.807) is 17.0 Å². The van der Waals surface area contributed by atoms with Crippen LogP contribution >= 0.6 is 0 Å². The number of benzene rings is 1. The van der Waals surface area contributed by atoms with Gasteiger partial charge in [-0.3, -0.25) is 0 Å². The van der Waals surface area contributed by atoms with E-state index in [9.17, 15) is 9.18 Å². The van der Waals surface area contributed by atoms with E-state index in [1.807, 2.05) is 40.0 Å². The van der Waals surface area contributed by atoms with Crippen LogP contribution in [0.25, 0.3) is 0 Å². The molecule has 0 spiro atoms. The zero-order valence-corrected chi connectivity index (χ0v) is 20.0. The second-order valence-corrected chi connectivity index (χ2v) is 9.26. The molecule has 3 atom stereocenters. The van der Waals surface area contributed by atoms with Crippen LogP contribution in [-0.4, -0.2) is 36.7 Å². The second-order valence-electron chi connectivity index (χ2n) is 9.26. The molecule has 1 fully saturated rings. The first kappa shape index (κ1) is 26.9. The van der Waals surface area contributed by atoms with Gasteiger partial charge in [0.2, 0.25) is 0 Å². The van der Waals surface area contributed by atoms with Crippen LogP contribution in [0.4, 0.5) is 9.18 Å². The van der Waals surface area contributed by atoms with Gasteiger partial charge >= 0.3 is 6.09 Å². The van der Waals surface area contributed by atoms with Crippen LogP contribution in [0.5, 0.6) is 0 Å². The number of hydrogen-bond acceptors (Lipinski definition) is 3. The number of carbonyl (C=O) groups is 1. The standard InChI is InChI=1S/C19H29FN2O2.C7H12/c1-19(2,3)24-18(23)22-12-10-14(9-11-21-4)13-17(22)15-5-7-16(20)8-6-15;1-4-6-7(3)5-2/h5-8,14,17,21H,9-13H2,1-4H3;4-5,7H,1-2,6H2,3H3/t14-,17?;/m0./s1. The molecule has 0 bridgehead atoms. The molecule has 0 saturated carbocycles. The molecule has 1 saturated heterocycles. The molecule has 1 aliphatic rings. The number of carbonyl (C=O) groups excluding carboxylic acids is 1. The Hall–Kier alpha value is -2.14. The minimum Gasteiger partial charge on any atom is -0.444 e. The summed E-state index contributed by atoms with van der Waals surface area (Å²) in [4.78, 5) is 14.4. The van der Waals surface area contributed by atoms with E-state index in [-0.39, 0.29) is 18.0 Å². The number of likely N-dealkylation sites (tertiary alicyclic amines) is 1. The molecule has 0 aromatic heterocycles. The van der Waals surface area contributed by atoms with E-state index in [0.29, 0.717) is 18.4 Å². The molecule has 0 aliphatic carbocycles. The van der Waals surface area contributed by atoms with Crippen molar-refractivity contribution in [1.82, 2.24) is 10.2 Å². The van der Waals surface area contributed by atoms with Crippen molar-refractivity contribution in [3.05, 3.63) is 61.0 Å². The van der Waals surface area contributed by atoms with Gasteiger partial charge < -0.3 is 15.0 Å². The van der Waals surface area contributed by atoms with Gasteiger partial charge in [-0.2, -0.15) is 0 Å². The molecular formula is C26H41FN2O2. The van der Waals surface area contributed by atoms with Crippen molar-refractivity contribution in [2.45, 2.75) is 65.0 Å². The summed E-state index contributed by atoms with van der Waals surface area (Å²) < 4.78 is 18.8. The van der Waals surface area contributed by atoms with Gasteiger partial charge in [0, 0.05) is 6.54 Å². The number of allylic oxidation sites excluding steroid dienone is 2. The molecule has 2 unspecified atom stereocenters.